The van der Waals surface area contributed by atoms with E-state index in [9.17, 15) is 5.11 Å². The molecule has 0 spiro atoms. The summed E-state index contributed by atoms with van der Waals surface area (Å²) in [6.07, 6.45) is -1.01. The highest BCUT2D eigenvalue weighted by Crippen LogP contribution is 2.17. The fourth-order valence-electron chi connectivity index (χ4n) is 1.000. The number of hydrogen-bond acceptors (Lipinski definition) is 1. The summed E-state index contributed by atoms with van der Waals surface area (Å²) < 4.78 is 0. The van der Waals surface area contributed by atoms with Crippen LogP contribution in [0.5, 0.6) is 0 Å². The molecule has 0 aliphatic rings. The van der Waals surface area contributed by atoms with Crippen molar-refractivity contribution in [1.82, 2.24) is 0 Å². The van der Waals surface area contributed by atoms with Gasteiger partial charge in [-0.1, -0.05) is 6.07 Å². The molecule has 0 amide bonds. The van der Waals surface area contributed by atoms with Crippen molar-refractivity contribution in [3.63, 3.8) is 0 Å². The smallest absolute Gasteiger partial charge is 0.322 e. The van der Waals surface area contributed by atoms with Crippen LogP contribution in [-0.4, -0.2) is 5.11 Å². The van der Waals surface area contributed by atoms with E-state index in [1.807, 2.05) is 26.0 Å². The molecule has 0 aliphatic carbocycles. The second-order valence-corrected chi connectivity index (χ2v) is 2.85. The van der Waals surface area contributed by atoms with Gasteiger partial charge in [-0.3, -0.25) is 4.85 Å². The molecular formula is C10H11NO. The third-order valence-electron chi connectivity index (χ3n) is 1.95. The lowest BCUT2D eigenvalue weighted by Gasteiger charge is -2.02. The highest BCUT2D eigenvalue weighted by molar-refractivity contribution is 5.31. The van der Waals surface area contributed by atoms with Crippen molar-refractivity contribution >= 4 is 0 Å². The first-order valence-corrected chi connectivity index (χ1v) is 3.77. The zero-order valence-corrected chi connectivity index (χ0v) is 7.20. The Balaban J connectivity index is 3.06. The Morgan fingerprint density at radius 1 is 1.33 bits per heavy atom. The van der Waals surface area contributed by atoms with Gasteiger partial charge in [0.2, 0.25) is 0 Å². The molecule has 1 N–H and O–H groups in total. The molecule has 62 valence electrons. The molecule has 1 atom stereocenters. The Hall–Kier alpha value is -1.33. The van der Waals surface area contributed by atoms with Crippen LogP contribution < -0.4 is 0 Å². The largest absolute Gasteiger partial charge is 0.352 e. The summed E-state index contributed by atoms with van der Waals surface area (Å²) in [5.74, 6) is 0. The molecule has 1 aromatic carbocycles. The molecule has 12 heavy (non-hydrogen) atoms. The van der Waals surface area contributed by atoms with E-state index in [0.717, 1.165) is 5.56 Å². The molecule has 0 fully saturated rings. The normalized spacial score (nSPS) is 12.2. The van der Waals surface area contributed by atoms with E-state index in [1.165, 1.54) is 5.56 Å². The van der Waals surface area contributed by atoms with Crippen LogP contribution in [0.3, 0.4) is 0 Å². The van der Waals surface area contributed by atoms with Crippen LogP contribution >= 0.6 is 0 Å². The second kappa shape index (κ2) is 3.38. The Kier molecular flexibility index (Phi) is 2.47. The Labute approximate surface area is 72.3 Å². The van der Waals surface area contributed by atoms with Crippen molar-refractivity contribution in [3.05, 3.63) is 46.3 Å². The molecular weight excluding hydrogens is 150 g/mol. The first kappa shape index (κ1) is 8.76. The fourth-order valence-corrected chi connectivity index (χ4v) is 1.000. The summed E-state index contributed by atoms with van der Waals surface area (Å²) >= 11 is 0. The van der Waals surface area contributed by atoms with Crippen LogP contribution in [0.1, 0.15) is 22.9 Å². The van der Waals surface area contributed by atoms with E-state index < -0.39 is 6.23 Å². The lowest BCUT2D eigenvalue weighted by molar-refractivity contribution is 0.226. The quantitative estimate of drug-likeness (QED) is 0.627. The van der Waals surface area contributed by atoms with E-state index >= 15 is 0 Å². The Bertz CT molecular complexity index is 325. The van der Waals surface area contributed by atoms with Gasteiger partial charge in [0, 0.05) is 0 Å². The topological polar surface area (TPSA) is 24.6 Å². The molecule has 1 rings (SSSR count). The van der Waals surface area contributed by atoms with E-state index in [1.54, 1.807) is 6.07 Å². The van der Waals surface area contributed by atoms with Gasteiger partial charge in [-0.2, -0.15) is 0 Å². The maximum Gasteiger partial charge on any atom is 0.352 e. The predicted molar refractivity (Wildman–Crippen MR) is 47.5 cm³/mol. The molecule has 2 nitrogen and oxygen atoms in total. The van der Waals surface area contributed by atoms with Crippen LogP contribution in [0.15, 0.2) is 18.2 Å². The van der Waals surface area contributed by atoms with Gasteiger partial charge in [-0.05, 0) is 37.1 Å². The fraction of sp³-hybridized carbons (Fsp3) is 0.300. The molecule has 1 unspecified atom stereocenters. The summed E-state index contributed by atoms with van der Waals surface area (Å²) in [4.78, 5) is 3.04. The van der Waals surface area contributed by atoms with Crippen molar-refractivity contribution in [3.8, 4) is 0 Å². The van der Waals surface area contributed by atoms with Gasteiger partial charge in [0.25, 0.3) is 0 Å². The monoisotopic (exact) mass is 161 g/mol. The molecule has 2 heteroatoms. The predicted octanol–water partition coefficient (Wildman–Crippen LogP) is 2.21. The molecule has 0 heterocycles. The van der Waals surface area contributed by atoms with E-state index in [4.69, 9.17) is 6.57 Å². The second-order valence-electron chi connectivity index (χ2n) is 2.85. The number of aliphatic hydroxyl groups excluding tert-OH is 1. The summed E-state index contributed by atoms with van der Waals surface area (Å²) in [5, 5.41) is 9.19. The SMILES string of the molecule is [C-]#[N+]C(O)c1ccc(C)c(C)c1. The molecule has 0 bridgehead atoms. The van der Waals surface area contributed by atoms with Crippen LogP contribution in [-0.2, 0) is 0 Å². The zero-order chi connectivity index (χ0) is 9.14. The summed E-state index contributed by atoms with van der Waals surface area (Å²) in [7, 11) is 0. The maximum absolute atomic E-state index is 9.19. The average Bonchev–Trinajstić information content (AvgIpc) is 2.08. The molecule has 0 saturated heterocycles. The molecule has 0 radical (unpaired) electrons. The van der Waals surface area contributed by atoms with Gasteiger partial charge < -0.3 is 5.11 Å². The summed E-state index contributed by atoms with van der Waals surface area (Å²) in [5.41, 5.74) is 2.96. The molecule has 0 aliphatic heterocycles. The number of hydrogen-bond donors (Lipinski definition) is 1. The lowest BCUT2D eigenvalue weighted by atomic mass is 10.1. The lowest BCUT2D eigenvalue weighted by Crippen LogP contribution is -1.92. The van der Waals surface area contributed by atoms with Crippen LogP contribution in [0.2, 0.25) is 0 Å². The maximum atomic E-state index is 9.19. The molecule has 0 aromatic heterocycles. The number of benzene rings is 1. The van der Waals surface area contributed by atoms with Crippen molar-refractivity contribution in [2.45, 2.75) is 20.1 Å². The van der Waals surface area contributed by atoms with Crippen molar-refractivity contribution in [2.75, 3.05) is 0 Å². The third-order valence-corrected chi connectivity index (χ3v) is 1.95. The van der Waals surface area contributed by atoms with Gasteiger partial charge in [-0.25, -0.2) is 6.57 Å². The number of nitrogens with zero attached hydrogens (tertiary/aromatic N) is 1. The van der Waals surface area contributed by atoms with Gasteiger partial charge in [0.1, 0.15) is 0 Å². The summed E-state index contributed by atoms with van der Waals surface area (Å²) in [6.45, 7) is 10.6. The minimum atomic E-state index is -1.01. The van der Waals surface area contributed by atoms with Crippen LogP contribution in [0.4, 0.5) is 0 Å². The summed E-state index contributed by atoms with van der Waals surface area (Å²) in [6, 6.07) is 5.54. The highest BCUT2D eigenvalue weighted by atomic mass is 16.3. The number of rotatable bonds is 1. The van der Waals surface area contributed by atoms with Crippen molar-refractivity contribution < 1.29 is 5.11 Å². The minimum absolute atomic E-state index is 0.674. The van der Waals surface area contributed by atoms with Gasteiger partial charge in [0.05, 0.1) is 5.56 Å². The van der Waals surface area contributed by atoms with Crippen LogP contribution in [0.25, 0.3) is 4.85 Å². The first-order chi connectivity index (χ1) is 5.65. The molecule has 0 saturated carbocycles. The van der Waals surface area contributed by atoms with Gasteiger partial charge in [-0.15, -0.1) is 0 Å². The van der Waals surface area contributed by atoms with Gasteiger partial charge >= 0.3 is 6.23 Å². The van der Waals surface area contributed by atoms with E-state index in [-0.39, 0.29) is 0 Å². The third kappa shape index (κ3) is 1.63. The number of aliphatic hydroxyl groups is 1. The number of aryl methyl sites for hydroxylation is 2. The van der Waals surface area contributed by atoms with Gasteiger partial charge in [0.15, 0.2) is 0 Å². The van der Waals surface area contributed by atoms with Crippen LogP contribution in [0, 0.1) is 20.4 Å². The highest BCUT2D eigenvalue weighted by Gasteiger charge is 2.10. The zero-order valence-electron chi connectivity index (χ0n) is 7.20. The van der Waals surface area contributed by atoms with Crippen molar-refractivity contribution in [1.29, 1.82) is 0 Å². The Morgan fingerprint density at radius 3 is 2.50 bits per heavy atom. The molecule has 1 aromatic rings. The minimum Gasteiger partial charge on any atom is -0.322 e. The van der Waals surface area contributed by atoms with E-state index in [0.29, 0.717) is 5.56 Å². The first-order valence-electron chi connectivity index (χ1n) is 3.77. The standard InChI is InChI=1S/C10H11NO/c1-7-4-5-9(6-8(7)2)10(12)11-3/h4-6,10,12H,1-2H3. The van der Waals surface area contributed by atoms with E-state index in [2.05, 4.69) is 4.85 Å². The van der Waals surface area contributed by atoms with Crippen molar-refractivity contribution in [2.24, 2.45) is 0 Å². The average molecular weight is 161 g/mol. The Morgan fingerprint density at radius 2 is 2.00 bits per heavy atom.